The third-order valence-corrected chi connectivity index (χ3v) is 4.32. The van der Waals surface area contributed by atoms with Crippen molar-refractivity contribution >= 4 is 21.8 Å². The number of halogens is 1. The molecule has 0 spiro atoms. The lowest BCUT2D eigenvalue weighted by Crippen LogP contribution is -2.43. The summed E-state index contributed by atoms with van der Waals surface area (Å²) in [6, 6.07) is 5.25. The van der Waals surface area contributed by atoms with Crippen LogP contribution in [0.25, 0.3) is 0 Å². The van der Waals surface area contributed by atoms with Gasteiger partial charge in [0.05, 0.1) is 5.56 Å². The molecule has 1 saturated heterocycles. The monoisotopic (exact) mass is 340 g/mol. The van der Waals surface area contributed by atoms with E-state index in [1.807, 2.05) is 4.90 Å². The molecule has 2 rings (SSSR count). The number of phenolic OH excluding ortho intramolecular Hbond substituents is 1. The molecule has 1 heterocycles. The second-order valence-electron chi connectivity index (χ2n) is 5.34. The summed E-state index contributed by atoms with van der Waals surface area (Å²) < 4.78 is 0.772. The molecular weight excluding hydrogens is 320 g/mol. The average molecular weight is 341 g/mol. The highest BCUT2D eigenvalue weighted by Gasteiger charge is 2.28. The minimum Gasteiger partial charge on any atom is -0.507 e. The Morgan fingerprint density at radius 2 is 2.20 bits per heavy atom. The fourth-order valence-electron chi connectivity index (χ4n) is 2.70. The summed E-state index contributed by atoms with van der Waals surface area (Å²) in [7, 11) is 2.09. The van der Waals surface area contributed by atoms with Crippen LogP contribution in [0.4, 0.5) is 0 Å². The highest BCUT2D eigenvalue weighted by atomic mass is 79.9. The molecule has 1 amide bonds. The maximum absolute atomic E-state index is 12.7. The summed E-state index contributed by atoms with van der Waals surface area (Å²) in [5.41, 5.74) is 0.385. The van der Waals surface area contributed by atoms with Crippen molar-refractivity contribution in [1.82, 2.24) is 9.80 Å². The quantitative estimate of drug-likeness (QED) is 0.900. The molecule has 1 N–H and O–H groups in total. The number of amides is 1. The van der Waals surface area contributed by atoms with Crippen LogP contribution in [0.5, 0.6) is 5.75 Å². The van der Waals surface area contributed by atoms with Crippen molar-refractivity contribution in [2.75, 3.05) is 26.7 Å². The van der Waals surface area contributed by atoms with Crippen LogP contribution in [0.2, 0.25) is 0 Å². The third kappa shape index (κ3) is 3.33. The van der Waals surface area contributed by atoms with Crippen molar-refractivity contribution in [2.24, 2.45) is 0 Å². The smallest absolute Gasteiger partial charge is 0.257 e. The molecule has 1 fully saturated rings. The summed E-state index contributed by atoms with van der Waals surface area (Å²) in [5, 5.41) is 9.99. The number of phenols is 1. The van der Waals surface area contributed by atoms with Gasteiger partial charge in [-0.2, -0.15) is 0 Å². The first-order valence-electron chi connectivity index (χ1n) is 7.01. The zero-order valence-electron chi connectivity index (χ0n) is 12.0. The van der Waals surface area contributed by atoms with Gasteiger partial charge in [0, 0.05) is 23.6 Å². The summed E-state index contributed by atoms with van der Waals surface area (Å²) in [4.78, 5) is 16.9. The second-order valence-corrected chi connectivity index (χ2v) is 6.25. The van der Waals surface area contributed by atoms with Crippen molar-refractivity contribution in [1.29, 1.82) is 0 Å². The molecule has 0 saturated carbocycles. The fraction of sp³-hybridized carbons (Fsp3) is 0.533. The van der Waals surface area contributed by atoms with Gasteiger partial charge < -0.3 is 14.9 Å². The molecule has 0 aromatic heterocycles. The predicted octanol–water partition coefficient (Wildman–Crippen LogP) is 2.71. The van der Waals surface area contributed by atoms with Crippen molar-refractivity contribution in [3.8, 4) is 5.75 Å². The number of carbonyl (C=O) groups excluding carboxylic acids is 1. The minimum atomic E-state index is -0.0721. The number of carbonyl (C=O) groups is 1. The van der Waals surface area contributed by atoms with Crippen LogP contribution in [0.3, 0.4) is 0 Å². The summed E-state index contributed by atoms with van der Waals surface area (Å²) in [6.07, 6.45) is 1.89. The Balaban J connectivity index is 2.25. The van der Waals surface area contributed by atoms with Crippen LogP contribution in [0.15, 0.2) is 22.7 Å². The molecule has 0 bridgehead atoms. The van der Waals surface area contributed by atoms with E-state index in [0.717, 1.165) is 36.9 Å². The fourth-order valence-corrected chi connectivity index (χ4v) is 3.05. The number of hydrogen-bond acceptors (Lipinski definition) is 3. The van der Waals surface area contributed by atoms with Gasteiger partial charge in [-0.25, -0.2) is 0 Å². The van der Waals surface area contributed by atoms with Crippen molar-refractivity contribution in [3.63, 3.8) is 0 Å². The molecule has 1 atom stereocenters. The Morgan fingerprint density at radius 3 is 2.85 bits per heavy atom. The molecule has 110 valence electrons. The molecule has 1 aliphatic heterocycles. The van der Waals surface area contributed by atoms with Crippen molar-refractivity contribution in [3.05, 3.63) is 28.2 Å². The summed E-state index contributed by atoms with van der Waals surface area (Å²) in [6.45, 7) is 4.74. The van der Waals surface area contributed by atoms with E-state index >= 15 is 0 Å². The maximum Gasteiger partial charge on any atom is 0.257 e. The lowest BCUT2D eigenvalue weighted by molar-refractivity contribution is 0.0672. The highest BCUT2D eigenvalue weighted by Crippen LogP contribution is 2.25. The lowest BCUT2D eigenvalue weighted by Gasteiger charge is -2.30. The van der Waals surface area contributed by atoms with Gasteiger partial charge >= 0.3 is 0 Å². The van der Waals surface area contributed by atoms with E-state index in [-0.39, 0.29) is 17.7 Å². The van der Waals surface area contributed by atoms with Crippen LogP contribution in [0, 0.1) is 0 Å². The molecule has 1 unspecified atom stereocenters. The molecule has 5 heteroatoms. The predicted molar refractivity (Wildman–Crippen MR) is 83.0 cm³/mol. The van der Waals surface area contributed by atoms with Gasteiger partial charge in [-0.05, 0) is 44.6 Å². The Labute approximate surface area is 128 Å². The number of rotatable bonds is 2. The van der Waals surface area contributed by atoms with Gasteiger partial charge in [0.15, 0.2) is 0 Å². The number of hydrogen-bond donors (Lipinski definition) is 1. The van der Waals surface area contributed by atoms with Crippen LogP contribution in [-0.2, 0) is 0 Å². The van der Waals surface area contributed by atoms with Gasteiger partial charge in [0.2, 0.25) is 0 Å². The number of likely N-dealkylation sites (N-methyl/N-ethyl adjacent to an activating group) is 1. The number of nitrogens with zero attached hydrogens (tertiary/aromatic N) is 2. The second kappa shape index (κ2) is 6.59. The number of aromatic hydroxyl groups is 1. The van der Waals surface area contributed by atoms with Crippen LogP contribution < -0.4 is 0 Å². The molecule has 0 aliphatic carbocycles. The Morgan fingerprint density at radius 1 is 1.45 bits per heavy atom. The third-order valence-electron chi connectivity index (χ3n) is 3.82. The Hall–Kier alpha value is -1.07. The first-order chi connectivity index (χ1) is 9.52. The van der Waals surface area contributed by atoms with Crippen molar-refractivity contribution < 1.29 is 9.90 Å². The van der Waals surface area contributed by atoms with E-state index in [2.05, 4.69) is 34.8 Å². The standard InChI is InChI=1S/C15H21BrN2O2/c1-3-12-10-17(2)7-4-8-18(12)15(20)13-6-5-11(16)9-14(13)19/h5-6,9,12,19H,3-4,7-8,10H2,1-2H3. The lowest BCUT2D eigenvalue weighted by atomic mass is 10.1. The molecule has 1 aliphatic rings. The molecule has 20 heavy (non-hydrogen) atoms. The largest absolute Gasteiger partial charge is 0.507 e. The van der Waals surface area contributed by atoms with Gasteiger partial charge in [0.25, 0.3) is 5.91 Å². The summed E-state index contributed by atoms with van der Waals surface area (Å²) in [5.74, 6) is -0.0334. The van der Waals surface area contributed by atoms with E-state index in [1.165, 1.54) is 0 Å². The van der Waals surface area contributed by atoms with Gasteiger partial charge in [-0.1, -0.05) is 22.9 Å². The molecule has 4 nitrogen and oxygen atoms in total. The first kappa shape index (κ1) is 15.3. The van der Waals surface area contributed by atoms with Crippen LogP contribution in [-0.4, -0.2) is 53.5 Å². The highest BCUT2D eigenvalue weighted by molar-refractivity contribution is 9.10. The molecule has 1 aromatic carbocycles. The van der Waals surface area contributed by atoms with Crippen LogP contribution >= 0.6 is 15.9 Å². The summed E-state index contributed by atoms with van der Waals surface area (Å²) >= 11 is 3.30. The van der Waals surface area contributed by atoms with Crippen LogP contribution in [0.1, 0.15) is 30.1 Å². The number of benzene rings is 1. The minimum absolute atomic E-state index is 0.0387. The van der Waals surface area contributed by atoms with E-state index in [1.54, 1.807) is 18.2 Å². The normalized spacial score (nSPS) is 20.8. The van der Waals surface area contributed by atoms with E-state index in [9.17, 15) is 9.90 Å². The maximum atomic E-state index is 12.7. The average Bonchev–Trinajstić information content (AvgIpc) is 2.59. The van der Waals surface area contributed by atoms with Gasteiger partial charge in [-0.15, -0.1) is 0 Å². The topological polar surface area (TPSA) is 43.8 Å². The van der Waals surface area contributed by atoms with E-state index < -0.39 is 0 Å². The van der Waals surface area contributed by atoms with Crippen molar-refractivity contribution in [2.45, 2.75) is 25.8 Å². The SMILES string of the molecule is CCC1CN(C)CCCN1C(=O)c1ccc(Br)cc1O. The van der Waals surface area contributed by atoms with Gasteiger partial charge in [0.1, 0.15) is 5.75 Å². The molecule has 1 aromatic rings. The first-order valence-corrected chi connectivity index (χ1v) is 7.80. The zero-order valence-corrected chi connectivity index (χ0v) is 13.6. The Bertz CT molecular complexity index is 493. The van der Waals surface area contributed by atoms with E-state index in [0.29, 0.717) is 5.56 Å². The zero-order chi connectivity index (χ0) is 14.7. The molecular formula is C15H21BrN2O2. The van der Waals surface area contributed by atoms with E-state index in [4.69, 9.17) is 0 Å². The molecule has 0 radical (unpaired) electrons. The van der Waals surface area contributed by atoms with Gasteiger partial charge in [-0.3, -0.25) is 4.79 Å². The Kier molecular flexibility index (Phi) is 5.05.